The minimum atomic E-state index is -0.0729. The summed E-state index contributed by atoms with van der Waals surface area (Å²) in [6.45, 7) is 2.15. The van der Waals surface area contributed by atoms with Crippen LogP contribution in [0, 0.1) is 5.92 Å². The molecular formula is C23H38O2. The monoisotopic (exact) mass is 346 g/mol. The molecule has 2 heteroatoms. The molecule has 0 spiro atoms. The number of carbonyl (C=O) groups is 1. The number of rotatable bonds is 15. The third-order valence-electron chi connectivity index (χ3n) is 5.00. The van der Waals surface area contributed by atoms with Gasteiger partial charge in [-0.3, -0.25) is 4.79 Å². The smallest absolute Gasteiger partial charge is 0.305 e. The number of benzene rings is 1. The van der Waals surface area contributed by atoms with Gasteiger partial charge in [0, 0.05) is 6.42 Å². The molecule has 0 fully saturated rings. The lowest BCUT2D eigenvalue weighted by Gasteiger charge is -2.09. The molecule has 0 aliphatic rings. The van der Waals surface area contributed by atoms with E-state index in [0.29, 0.717) is 12.3 Å². The molecule has 0 aliphatic carbocycles. The fourth-order valence-electron chi connectivity index (χ4n) is 3.35. The number of esters is 1. The van der Waals surface area contributed by atoms with Crippen LogP contribution in [0.2, 0.25) is 0 Å². The number of ether oxygens (including phenoxy) is 1. The second-order valence-electron chi connectivity index (χ2n) is 7.45. The van der Waals surface area contributed by atoms with Gasteiger partial charge in [-0.1, -0.05) is 101 Å². The van der Waals surface area contributed by atoms with Crippen molar-refractivity contribution in [2.75, 3.05) is 7.11 Å². The third-order valence-corrected chi connectivity index (χ3v) is 5.00. The van der Waals surface area contributed by atoms with E-state index in [1.54, 1.807) is 0 Å². The first-order chi connectivity index (χ1) is 12.2. The van der Waals surface area contributed by atoms with E-state index < -0.39 is 0 Å². The molecule has 0 saturated carbocycles. The number of carbonyl (C=O) groups excluding carboxylic acids is 1. The predicted molar refractivity (Wildman–Crippen MR) is 107 cm³/mol. The maximum atomic E-state index is 11.2. The first-order valence-electron chi connectivity index (χ1n) is 10.3. The van der Waals surface area contributed by atoms with Gasteiger partial charge in [0.25, 0.3) is 0 Å². The van der Waals surface area contributed by atoms with Gasteiger partial charge in [-0.05, 0) is 24.3 Å². The Morgan fingerprint density at radius 1 is 0.840 bits per heavy atom. The molecular weight excluding hydrogens is 308 g/mol. The van der Waals surface area contributed by atoms with Crippen LogP contribution in [-0.4, -0.2) is 13.1 Å². The second-order valence-corrected chi connectivity index (χ2v) is 7.45. The molecule has 0 heterocycles. The van der Waals surface area contributed by atoms with Crippen LogP contribution < -0.4 is 0 Å². The number of hydrogen-bond donors (Lipinski definition) is 0. The zero-order valence-electron chi connectivity index (χ0n) is 16.5. The van der Waals surface area contributed by atoms with E-state index in [1.165, 1.54) is 83.3 Å². The SMILES string of the molecule is COC(=O)C[C@@H](C)CCCCCCCCCCCCc1ccccc1. The molecule has 0 bridgehead atoms. The highest BCUT2D eigenvalue weighted by Crippen LogP contribution is 2.16. The third kappa shape index (κ3) is 12.7. The van der Waals surface area contributed by atoms with E-state index in [1.807, 2.05) is 0 Å². The summed E-state index contributed by atoms with van der Waals surface area (Å²) < 4.78 is 4.71. The molecule has 142 valence electrons. The lowest BCUT2D eigenvalue weighted by molar-refractivity contribution is -0.141. The molecule has 0 saturated heterocycles. The summed E-state index contributed by atoms with van der Waals surface area (Å²) in [7, 11) is 1.47. The van der Waals surface area contributed by atoms with Gasteiger partial charge in [-0.15, -0.1) is 0 Å². The molecule has 1 atom stereocenters. The molecule has 1 aromatic carbocycles. The maximum Gasteiger partial charge on any atom is 0.305 e. The van der Waals surface area contributed by atoms with E-state index in [0.717, 1.165) is 6.42 Å². The Balaban J connectivity index is 1.79. The van der Waals surface area contributed by atoms with Crippen molar-refractivity contribution in [3.63, 3.8) is 0 Å². The van der Waals surface area contributed by atoms with Crippen LogP contribution in [0.4, 0.5) is 0 Å². The molecule has 0 aromatic heterocycles. The number of unbranched alkanes of at least 4 members (excludes halogenated alkanes) is 9. The summed E-state index contributed by atoms with van der Waals surface area (Å²) in [5.41, 5.74) is 1.48. The zero-order valence-corrected chi connectivity index (χ0v) is 16.5. The molecule has 0 aliphatic heterocycles. The van der Waals surface area contributed by atoms with Crippen LogP contribution in [0.15, 0.2) is 30.3 Å². The predicted octanol–water partition coefficient (Wildman–Crippen LogP) is 6.72. The van der Waals surface area contributed by atoms with Gasteiger partial charge in [0.15, 0.2) is 0 Å². The van der Waals surface area contributed by atoms with Crippen molar-refractivity contribution in [2.24, 2.45) is 5.92 Å². The Morgan fingerprint density at radius 3 is 1.92 bits per heavy atom. The number of methoxy groups -OCH3 is 1. The van der Waals surface area contributed by atoms with E-state index >= 15 is 0 Å². The maximum absolute atomic E-state index is 11.2. The highest BCUT2D eigenvalue weighted by Gasteiger charge is 2.08. The quantitative estimate of drug-likeness (QED) is 0.260. The summed E-state index contributed by atoms with van der Waals surface area (Å²) in [5, 5.41) is 0. The van der Waals surface area contributed by atoms with E-state index in [-0.39, 0.29) is 5.97 Å². The van der Waals surface area contributed by atoms with Crippen LogP contribution in [0.3, 0.4) is 0 Å². The Kier molecular flexibility index (Phi) is 13.0. The standard InChI is InChI=1S/C23H38O2/c1-21(20-23(24)25-2)16-12-9-7-5-3-4-6-8-10-13-17-22-18-14-11-15-19-22/h11,14-15,18-19,21H,3-10,12-13,16-17,20H2,1-2H3/t21-/m0/s1. The highest BCUT2D eigenvalue weighted by atomic mass is 16.5. The van der Waals surface area contributed by atoms with Crippen molar-refractivity contribution in [3.05, 3.63) is 35.9 Å². The minimum Gasteiger partial charge on any atom is -0.469 e. The van der Waals surface area contributed by atoms with Gasteiger partial charge in [-0.25, -0.2) is 0 Å². The Bertz CT molecular complexity index is 427. The average Bonchev–Trinajstić information content (AvgIpc) is 2.63. The van der Waals surface area contributed by atoms with Crippen LogP contribution in [0.25, 0.3) is 0 Å². The van der Waals surface area contributed by atoms with E-state index in [9.17, 15) is 4.79 Å². The first-order valence-corrected chi connectivity index (χ1v) is 10.3. The average molecular weight is 347 g/mol. The molecule has 0 unspecified atom stereocenters. The molecule has 0 amide bonds. The normalized spacial score (nSPS) is 12.1. The van der Waals surface area contributed by atoms with Crippen LogP contribution in [0.5, 0.6) is 0 Å². The summed E-state index contributed by atoms with van der Waals surface area (Å²) in [5.74, 6) is 0.389. The first kappa shape index (κ1) is 21.7. The van der Waals surface area contributed by atoms with E-state index in [4.69, 9.17) is 4.74 Å². The lowest BCUT2D eigenvalue weighted by Crippen LogP contribution is -2.06. The number of aryl methyl sites for hydroxylation is 1. The van der Waals surface area contributed by atoms with E-state index in [2.05, 4.69) is 37.3 Å². The van der Waals surface area contributed by atoms with Crippen molar-refractivity contribution in [2.45, 2.75) is 90.4 Å². The number of hydrogen-bond acceptors (Lipinski definition) is 2. The molecule has 2 nitrogen and oxygen atoms in total. The zero-order chi connectivity index (χ0) is 18.2. The van der Waals surface area contributed by atoms with Crippen molar-refractivity contribution >= 4 is 5.97 Å². The summed E-state index contributed by atoms with van der Waals surface area (Å²) in [4.78, 5) is 11.2. The fraction of sp³-hybridized carbons (Fsp3) is 0.696. The molecule has 0 N–H and O–H groups in total. The summed E-state index contributed by atoms with van der Waals surface area (Å²) in [6, 6.07) is 10.8. The lowest BCUT2D eigenvalue weighted by atomic mass is 9.98. The largest absolute Gasteiger partial charge is 0.469 e. The molecule has 1 rings (SSSR count). The van der Waals surface area contributed by atoms with Gasteiger partial charge in [0.1, 0.15) is 0 Å². The summed E-state index contributed by atoms with van der Waals surface area (Å²) in [6.07, 6.45) is 16.5. The van der Waals surface area contributed by atoms with Gasteiger partial charge < -0.3 is 4.74 Å². The molecule has 25 heavy (non-hydrogen) atoms. The van der Waals surface area contributed by atoms with Crippen LogP contribution in [0.1, 0.15) is 89.5 Å². The Hall–Kier alpha value is -1.31. The van der Waals surface area contributed by atoms with Crippen molar-refractivity contribution in [1.82, 2.24) is 0 Å². The molecule has 0 radical (unpaired) electrons. The second kappa shape index (κ2) is 15.0. The van der Waals surface area contributed by atoms with Crippen molar-refractivity contribution < 1.29 is 9.53 Å². The van der Waals surface area contributed by atoms with Gasteiger partial charge in [0.05, 0.1) is 7.11 Å². The van der Waals surface area contributed by atoms with Crippen molar-refractivity contribution in [1.29, 1.82) is 0 Å². The van der Waals surface area contributed by atoms with Crippen LogP contribution in [-0.2, 0) is 16.0 Å². The Morgan fingerprint density at radius 2 is 1.36 bits per heavy atom. The minimum absolute atomic E-state index is 0.0729. The Labute approximate surface area is 155 Å². The molecule has 1 aromatic rings. The van der Waals surface area contributed by atoms with Gasteiger partial charge in [-0.2, -0.15) is 0 Å². The summed E-state index contributed by atoms with van der Waals surface area (Å²) >= 11 is 0. The van der Waals surface area contributed by atoms with Gasteiger partial charge >= 0.3 is 5.97 Å². The van der Waals surface area contributed by atoms with Crippen molar-refractivity contribution in [3.8, 4) is 0 Å². The fourth-order valence-corrected chi connectivity index (χ4v) is 3.35. The van der Waals surface area contributed by atoms with Crippen LogP contribution >= 0.6 is 0 Å². The topological polar surface area (TPSA) is 26.3 Å². The highest BCUT2D eigenvalue weighted by molar-refractivity contribution is 5.69. The van der Waals surface area contributed by atoms with Gasteiger partial charge in [0.2, 0.25) is 0 Å².